The third-order valence-corrected chi connectivity index (χ3v) is 11.1. The van der Waals surface area contributed by atoms with E-state index < -0.39 is 32.5 Å². The summed E-state index contributed by atoms with van der Waals surface area (Å²) in [6, 6.07) is 0. The first-order valence-electron chi connectivity index (χ1n) is 22.8. The van der Waals surface area contributed by atoms with Crippen LogP contribution in [-0.4, -0.2) is 87.1 Å². The Morgan fingerprint density at radius 1 is 0.632 bits per heavy atom. The van der Waals surface area contributed by atoms with Crippen molar-refractivity contribution in [1.29, 1.82) is 0 Å². The number of phosphoric ester groups is 1. The van der Waals surface area contributed by atoms with E-state index in [0.29, 0.717) is 30.0 Å². The molecule has 0 aromatic rings. The van der Waals surface area contributed by atoms with Crippen LogP contribution in [0.25, 0.3) is 0 Å². The van der Waals surface area contributed by atoms with Crippen LogP contribution < -0.4 is 0 Å². The van der Waals surface area contributed by atoms with Gasteiger partial charge in [-0.2, -0.15) is 0 Å². The molecule has 1 saturated heterocycles. The summed E-state index contributed by atoms with van der Waals surface area (Å²) in [5.41, 5.74) is 0. The lowest BCUT2D eigenvalue weighted by Crippen LogP contribution is -2.37. The summed E-state index contributed by atoms with van der Waals surface area (Å²) in [5, 5.41) is 0. The number of carbonyl (C=O) groups is 2. The molecule has 0 spiro atoms. The van der Waals surface area contributed by atoms with Gasteiger partial charge in [0, 0.05) is 12.8 Å². The molecule has 0 amide bonds. The summed E-state index contributed by atoms with van der Waals surface area (Å²) < 4.78 is 40.1. The molecule has 0 aromatic carbocycles. The SMILES string of the molecule is CCCCC/C=C\C/C=C\CC1OC1C/C=C\CCCC(=O)OC[C@H](COP(=O)(O)OCC[N+](C)(C)C)OC(=O)CCCCCCCCCCCCCCCCC. The molecule has 0 aliphatic carbocycles. The number of nitrogens with zero attached hydrogens (tertiary/aromatic N) is 1. The summed E-state index contributed by atoms with van der Waals surface area (Å²) in [6.45, 7) is 4.32. The topological polar surface area (TPSA) is 121 Å². The fraction of sp³-hybridized carbons (Fsp3) is 0.826. The number of allylic oxidation sites excluding steroid dienone is 4. The molecular weight excluding hydrogens is 741 g/mol. The second kappa shape index (κ2) is 35.0. The molecule has 4 atom stereocenters. The molecule has 0 saturated carbocycles. The molecular formula is C46H85NO9P+. The first-order valence-corrected chi connectivity index (χ1v) is 24.3. The van der Waals surface area contributed by atoms with Crippen molar-refractivity contribution in [3.63, 3.8) is 0 Å². The fourth-order valence-electron chi connectivity index (χ4n) is 6.34. The highest BCUT2D eigenvalue weighted by Crippen LogP contribution is 2.43. The minimum atomic E-state index is -4.39. The molecule has 1 N–H and O–H groups in total. The number of likely N-dealkylation sites (N-methyl/N-ethyl adjacent to an activating group) is 1. The van der Waals surface area contributed by atoms with Gasteiger partial charge in [0.05, 0.1) is 40.0 Å². The Morgan fingerprint density at radius 3 is 1.72 bits per heavy atom. The highest BCUT2D eigenvalue weighted by atomic mass is 31.2. The second-order valence-corrected chi connectivity index (χ2v) is 18.3. The molecule has 1 heterocycles. The maximum atomic E-state index is 12.7. The molecule has 1 aliphatic heterocycles. The van der Waals surface area contributed by atoms with Crippen molar-refractivity contribution in [2.45, 2.75) is 199 Å². The van der Waals surface area contributed by atoms with E-state index in [1.807, 2.05) is 21.1 Å². The Kier molecular flexibility index (Phi) is 32.7. The lowest BCUT2D eigenvalue weighted by molar-refractivity contribution is -0.870. The molecule has 332 valence electrons. The Labute approximate surface area is 348 Å². The van der Waals surface area contributed by atoms with Gasteiger partial charge in [-0.1, -0.05) is 153 Å². The molecule has 0 bridgehead atoms. The summed E-state index contributed by atoms with van der Waals surface area (Å²) in [7, 11) is 1.44. The van der Waals surface area contributed by atoms with Gasteiger partial charge >= 0.3 is 19.8 Å². The maximum Gasteiger partial charge on any atom is 0.472 e. The summed E-state index contributed by atoms with van der Waals surface area (Å²) in [6.07, 6.45) is 40.7. The van der Waals surface area contributed by atoms with E-state index in [-0.39, 0.29) is 32.2 Å². The van der Waals surface area contributed by atoms with Gasteiger partial charge in [0.15, 0.2) is 6.10 Å². The number of unbranched alkanes of at least 4 members (excludes halogenated alkanes) is 18. The number of ether oxygens (including phenoxy) is 3. The van der Waals surface area contributed by atoms with Gasteiger partial charge in [0.2, 0.25) is 0 Å². The number of quaternary nitrogens is 1. The summed E-state index contributed by atoms with van der Waals surface area (Å²) in [5.74, 6) is -0.868. The quantitative estimate of drug-likeness (QED) is 0.0161. The molecule has 0 aromatic heterocycles. The number of hydrogen-bond acceptors (Lipinski definition) is 8. The van der Waals surface area contributed by atoms with Gasteiger partial charge in [-0.05, 0) is 51.4 Å². The third kappa shape index (κ3) is 35.8. The Bertz CT molecular complexity index is 1140. The molecule has 10 nitrogen and oxygen atoms in total. The molecule has 0 radical (unpaired) electrons. The highest BCUT2D eigenvalue weighted by Gasteiger charge is 2.36. The number of carbonyl (C=O) groups excluding carboxylic acids is 2. The van der Waals surface area contributed by atoms with Crippen molar-refractivity contribution in [1.82, 2.24) is 0 Å². The number of esters is 2. The van der Waals surface area contributed by atoms with Crippen molar-refractivity contribution in [2.75, 3.05) is 47.5 Å². The van der Waals surface area contributed by atoms with E-state index in [4.69, 9.17) is 23.3 Å². The van der Waals surface area contributed by atoms with Crippen LogP contribution in [0.1, 0.15) is 181 Å². The van der Waals surface area contributed by atoms with Gasteiger partial charge in [-0.25, -0.2) is 4.57 Å². The Morgan fingerprint density at radius 2 is 1.12 bits per heavy atom. The van der Waals surface area contributed by atoms with E-state index in [0.717, 1.165) is 38.5 Å². The maximum absolute atomic E-state index is 12.7. The monoisotopic (exact) mass is 827 g/mol. The summed E-state index contributed by atoms with van der Waals surface area (Å²) in [4.78, 5) is 35.4. The predicted octanol–water partition coefficient (Wildman–Crippen LogP) is 11.9. The molecule has 1 aliphatic rings. The first kappa shape index (κ1) is 53.2. The van der Waals surface area contributed by atoms with Crippen LogP contribution in [0, 0.1) is 0 Å². The molecule has 11 heteroatoms. The average molecular weight is 827 g/mol. The number of rotatable bonds is 40. The van der Waals surface area contributed by atoms with Gasteiger partial charge in [-0.3, -0.25) is 18.6 Å². The van der Waals surface area contributed by atoms with Crippen molar-refractivity contribution in [3.05, 3.63) is 36.5 Å². The van der Waals surface area contributed by atoms with Crippen LogP contribution in [0.4, 0.5) is 0 Å². The number of epoxide rings is 1. The van der Waals surface area contributed by atoms with E-state index in [9.17, 15) is 19.0 Å². The zero-order chi connectivity index (χ0) is 41.9. The minimum absolute atomic E-state index is 0.0212. The highest BCUT2D eigenvalue weighted by molar-refractivity contribution is 7.47. The summed E-state index contributed by atoms with van der Waals surface area (Å²) >= 11 is 0. The van der Waals surface area contributed by atoms with Gasteiger partial charge in [0.25, 0.3) is 0 Å². The smallest absolute Gasteiger partial charge is 0.462 e. The fourth-order valence-corrected chi connectivity index (χ4v) is 7.08. The lowest BCUT2D eigenvalue weighted by atomic mass is 10.0. The minimum Gasteiger partial charge on any atom is -0.462 e. The zero-order valence-electron chi connectivity index (χ0n) is 37.0. The van der Waals surface area contributed by atoms with Crippen molar-refractivity contribution in [3.8, 4) is 0 Å². The van der Waals surface area contributed by atoms with Crippen LogP contribution in [0.3, 0.4) is 0 Å². The van der Waals surface area contributed by atoms with Crippen LogP contribution in [0.2, 0.25) is 0 Å². The Hall–Kier alpha value is -1.81. The van der Waals surface area contributed by atoms with E-state index in [1.165, 1.54) is 103 Å². The third-order valence-electron chi connectivity index (χ3n) is 10.1. The number of hydrogen-bond donors (Lipinski definition) is 1. The van der Waals surface area contributed by atoms with Crippen LogP contribution in [0.5, 0.6) is 0 Å². The van der Waals surface area contributed by atoms with Gasteiger partial charge < -0.3 is 23.6 Å². The van der Waals surface area contributed by atoms with Crippen molar-refractivity contribution in [2.24, 2.45) is 0 Å². The molecule has 1 rings (SSSR count). The standard InChI is InChI=1S/C46H84NO9P/c1-6-8-10-12-14-16-17-18-19-20-21-23-25-27-33-37-46(49)55-42(41-54-57(50,51)53-39-38-47(3,4)5)40-52-45(48)36-32-29-28-31-35-44-43(56-44)34-30-26-24-22-15-13-11-9-7-2/h15,22,26,28,30-31,42-44H,6-14,16-21,23-25,27,29,32-41H2,1-5H3/p+1/b22-15-,30-26-,31-28-/t42-,43?,44?/m1/s1. The zero-order valence-corrected chi connectivity index (χ0v) is 37.9. The van der Waals surface area contributed by atoms with E-state index >= 15 is 0 Å². The first-order chi connectivity index (χ1) is 27.5. The largest absolute Gasteiger partial charge is 0.472 e. The number of phosphoric acid groups is 1. The van der Waals surface area contributed by atoms with Crippen LogP contribution in [0.15, 0.2) is 36.5 Å². The molecule has 1 fully saturated rings. The van der Waals surface area contributed by atoms with Crippen molar-refractivity contribution >= 4 is 19.8 Å². The van der Waals surface area contributed by atoms with Crippen molar-refractivity contribution < 1.29 is 46.8 Å². The van der Waals surface area contributed by atoms with Crippen LogP contribution >= 0.6 is 7.82 Å². The molecule has 3 unspecified atom stereocenters. The average Bonchev–Trinajstić information content (AvgIpc) is 3.92. The normalized spacial score (nSPS) is 17.4. The van der Waals surface area contributed by atoms with E-state index in [2.05, 4.69) is 50.3 Å². The van der Waals surface area contributed by atoms with E-state index in [1.54, 1.807) is 0 Å². The predicted molar refractivity (Wildman–Crippen MR) is 233 cm³/mol. The molecule has 57 heavy (non-hydrogen) atoms. The lowest BCUT2D eigenvalue weighted by Gasteiger charge is -2.24. The van der Waals surface area contributed by atoms with Gasteiger partial charge in [0.1, 0.15) is 19.8 Å². The Balaban J connectivity index is 2.31. The van der Waals surface area contributed by atoms with Crippen LogP contribution in [-0.2, 0) is 37.4 Å². The van der Waals surface area contributed by atoms with Gasteiger partial charge in [-0.15, -0.1) is 0 Å². The second-order valence-electron chi connectivity index (χ2n) is 16.8.